The number of urea groups is 1. The van der Waals surface area contributed by atoms with E-state index in [4.69, 9.17) is 9.47 Å². The molecular weight excluding hydrogens is 374 g/mol. The van der Waals surface area contributed by atoms with Gasteiger partial charge in [-0.25, -0.2) is 9.59 Å². The minimum atomic E-state index is -0.919. The highest BCUT2D eigenvalue weighted by molar-refractivity contribution is 7.98. The fourth-order valence-corrected chi connectivity index (χ4v) is 2.32. The van der Waals surface area contributed by atoms with E-state index in [1.165, 1.54) is 18.8 Å². The lowest BCUT2D eigenvalue weighted by molar-refractivity contribution is -0.151. The number of rotatable bonds is 10. The van der Waals surface area contributed by atoms with Crippen LogP contribution >= 0.6 is 11.8 Å². The second-order valence-corrected chi connectivity index (χ2v) is 6.22. The standard InChI is InChI=1S/C17H23N3O6S/c1-18-17(24)20-15(22)11-26-16(23)13(8-9-27-2)19-14(21)10-25-12-6-4-3-5-7-12/h3-7,13H,8-11H2,1-2H3,(H,19,21)(H2,18,20,22,24)/t13-/m1/s1. The van der Waals surface area contributed by atoms with Crippen molar-refractivity contribution >= 4 is 35.6 Å². The van der Waals surface area contributed by atoms with Crippen LogP contribution in [0.5, 0.6) is 5.75 Å². The molecule has 0 unspecified atom stereocenters. The van der Waals surface area contributed by atoms with Gasteiger partial charge in [0.15, 0.2) is 13.2 Å². The van der Waals surface area contributed by atoms with Gasteiger partial charge in [0.1, 0.15) is 11.8 Å². The van der Waals surface area contributed by atoms with Crippen molar-refractivity contribution in [1.82, 2.24) is 16.0 Å². The van der Waals surface area contributed by atoms with E-state index < -0.39 is 36.5 Å². The van der Waals surface area contributed by atoms with Crippen LogP contribution in [0.1, 0.15) is 6.42 Å². The van der Waals surface area contributed by atoms with Crippen molar-refractivity contribution in [3.63, 3.8) is 0 Å². The summed E-state index contributed by atoms with van der Waals surface area (Å²) in [6.45, 7) is -0.886. The minimum Gasteiger partial charge on any atom is -0.484 e. The van der Waals surface area contributed by atoms with E-state index in [9.17, 15) is 19.2 Å². The van der Waals surface area contributed by atoms with Gasteiger partial charge in [0.2, 0.25) is 0 Å². The van der Waals surface area contributed by atoms with E-state index in [-0.39, 0.29) is 6.61 Å². The van der Waals surface area contributed by atoms with Crippen LogP contribution in [-0.2, 0) is 19.1 Å². The molecule has 0 aliphatic rings. The molecule has 148 valence electrons. The van der Waals surface area contributed by atoms with E-state index >= 15 is 0 Å². The highest BCUT2D eigenvalue weighted by Gasteiger charge is 2.23. The highest BCUT2D eigenvalue weighted by Crippen LogP contribution is 2.08. The molecule has 1 aromatic carbocycles. The molecule has 0 aromatic heterocycles. The molecule has 0 fully saturated rings. The SMILES string of the molecule is CNC(=O)NC(=O)COC(=O)[C@@H](CCSC)NC(=O)COc1ccccc1. The third-order valence-electron chi connectivity index (χ3n) is 3.17. The van der Waals surface area contributed by atoms with Gasteiger partial charge in [-0.1, -0.05) is 18.2 Å². The lowest BCUT2D eigenvalue weighted by Gasteiger charge is -2.17. The molecule has 0 aliphatic carbocycles. The van der Waals surface area contributed by atoms with Crippen molar-refractivity contribution in [3.8, 4) is 5.75 Å². The van der Waals surface area contributed by atoms with Crippen LogP contribution in [0.25, 0.3) is 0 Å². The molecule has 27 heavy (non-hydrogen) atoms. The highest BCUT2D eigenvalue weighted by atomic mass is 32.2. The number of imide groups is 1. The molecule has 4 amide bonds. The summed E-state index contributed by atoms with van der Waals surface area (Å²) in [5.41, 5.74) is 0. The fourth-order valence-electron chi connectivity index (χ4n) is 1.85. The number of esters is 1. The number of para-hydroxylation sites is 1. The summed E-state index contributed by atoms with van der Waals surface area (Å²) >= 11 is 1.50. The van der Waals surface area contributed by atoms with Gasteiger partial charge < -0.3 is 20.1 Å². The molecule has 1 rings (SSSR count). The molecule has 0 saturated carbocycles. The number of hydrogen-bond acceptors (Lipinski definition) is 7. The van der Waals surface area contributed by atoms with Gasteiger partial charge in [-0.3, -0.25) is 14.9 Å². The smallest absolute Gasteiger partial charge is 0.329 e. The van der Waals surface area contributed by atoms with Crippen molar-refractivity contribution in [2.75, 3.05) is 32.3 Å². The van der Waals surface area contributed by atoms with Crippen molar-refractivity contribution < 1.29 is 28.7 Å². The Morgan fingerprint density at radius 3 is 2.41 bits per heavy atom. The van der Waals surface area contributed by atoms with Gasteiger partial charge >= 0.3 is 12.0 Å². The second-order valence-electron chi connectivity index (χ2n) is 5.24. The first-order valence-corrected chi connectivity index (χ1v) is 9.50. The Morgan fingerprint density at radius 1 is 1.07 bits per heavy atom. The average molecular weight is 397 g/mol. The Labute approximate surface area is 161 Å². The molecule has 0 saturated heterocycles. The van der Waals surface area contributed by atoms with Crippen LogP contribution in [0.4, 0.5) is 4.79 Å². The van der Waals surface area contributed by atoms with E-state index in [1.54, 1.807) is 24.3 Å². The van der Waals surface area contributed by atoms with E-state index in [0.29, 0.717) is 17.9 Å². The van der Waals surface area contributed by atoms with Gasteiger partial charge in [0.25, 0.3) is 11.8 Å². The maximum Gasteiger partial charge on any atom is 0.329 e. The Hall–Kier alpha value is -2.75. The third kappa shape index (κ3) is 9.50. The summed E-state index contributed by atoms with van der Waals surface area (Å²) in [4.78, 5) is 46.7. The summed E-state index contributed by atoms with van der Waals surface area (Å²) in [5, 5.41) is 6.71. The van der Waals surface area contributed by atoms with E-state index in [2.05, 4.69) is 10.6 Å². The zero-order valence-corrected chi connectivity index (χ0v) is 16.0. The van der Waals surface area contributed by atoms with Gasteiger partial charge in [0.05, 0.1) is 0 Å². The zero-order chi connectivity index (χ0) is 20.1. The van der Waals surface area contributed by atoms with Crippen LogP contribution in [0, 0.1) is 0 Å². The van der Waals surface area contributed by atoms with Gasteiger partial charge in [0, 0.05) is 7.05 Å². The van der Waals surface area contributed by atoms with Crippen LogP contribution in [0.3, 0.4) is 0 Å². The monoisotopic (exact) mass is 397 g/mol. The molecule has 0 heterocycles. The quantitative estimate of drug-likeness (QED) is 0.485. The molecule has 0 aliphatic heterocycles. The predicted octanol–water partition coefficient (Wildman–Crippen LogP) is 0.302. The van der Waals surface area contributed by atoms with Crippen LogP contribution in [0.15, 0.2) is 30.3 Å². The average Bonchev–Trinajstić information content (AvgIpc) is 2.68. The molecule has 1 atom stereocenters. The second kappa shape index (κ2) is 12.6. The van der Waals surface area contributed by atoms with Crippen molar-refractivity contribution in [1.29, 1.82) is 0 Å². The van der Waals surface area contributed by atoms with Crippen molar-refractivity contribution in [2.24, 2.45) is 0 Å². The Bertz CT molecular complexity index is 641. The first-order chi connectivity index (χ1) is 13.0. The van der Waals surface area contributed by atoms with E-state index in [1.807, 2.05) is 17.6 Å². The van der Waals surface area contributed by atoms with Gasteiger partial charge in [-0.15, -0.1) is 0 Å². The fraction of sp³-hybridized carbons (Fsp3) is 0.412. The number of amides is 4. The number of carbonyl (C=O) groups excluding carboxylic acids is 4. The summed E-state index contributed by atoms with van der Waals surface area (Å²) in [7, 11) is 1.35. The lowest BCUT2D eigenvalue weighted by Crippen LogP contribution is -2.45. The summed E-state index contributed by atoms with van der Waals surface area (Å²) in [6, 6.07) is 7.15. The molecular formula is C17H23N3O6S. The van der Waals surface area contributed by atoms with Gasteiger partial charge in [-0.05, 0) is 30.6 Å². The first-order valence-electron chi connectivity index (χ1n) is 8.10. The minimum absolute atomic E-state index is 0.260. The maximum atomic E-state index is 12.2. The number of thioether (sulfide) groups is 1. The van der Waals surface area contributed by atoms with Crippen molar-refractivity contribution in [3.05, 3.63) is 30.3 Å². The largest absolute Gasteiger partial charge is 0.484 e. The molecule has 3 N–H and O–H groups in total. The van der Waals surface area contributed by atoms with Gasteiger partial charge in [-0.2, -0.15) is 11.8 Å². The Balaban J connectivity index is 2.49. The maximum absolute atomic E-state index is 12.2. The Kier molecular flexibility index (Phi) is 10.4. The third-order valence-corrected chi connectivity index (χ3v) is 3.81. The normalized spacial score (nSPS) is 11.0. The predicted molar refractivity (Wildman–Crippen MR) is 100 cm³/mol. The van der Waals surface area contributed by atoms with E-state index in [0.717, 1.165) is 0 Å². The molecule has 0 spiro atoms. The summed E-state index contributed by atoms with van der Waals surface area (Å²) in [6.07, 6.45) is 2.19. The number of hydrogen-bond donors (Lipinski definition) is 3. The first kappa shape index (κ1) is 22.3. The molecule has 1 aromatic rings. The van der Waals surface area contributed by atoms with Crippen LogP contribution in [-0.4, -0.2) is 62.1 Å². The number of carbonyl (C=O) groups is 4. The number of ether oxygens (including phenoxy) is 2. The van der Waals surface area contributed by atoms with Crippen molar-refractivity contribution in [2.45, 2.75) is 12.5 Å². The molecule has 10 heteroatoms. The Morgan fingerprint density at radius 2 is 1.78 bits per heavy atom. The zero-order valence-electron chi connectivity index (χ0n) is 15.2. The molecule has 0 radical (unpaired) electrons. The summed E-state index contributed by atoms with van der Waals surface area (Å²) < 4.78 is 10.2. The molecule has 0 bridgehead atoms. The lowest BCUT2D eigenvalue weighted by atomic mass is 10.2. The summed E-state index contributed by atoms with van der Waals surface area (Å²) in [5.74, 6) is -0.892. The number of nitrogens with one attached hydrogen (secondary N) is 3. The topological polar surface area (TPSA) is 123 Å². The number of benzene rings is 1. The van der Waals surface area contributed by atoms with Crippen LogP contribution in [0.2, 0.25) is 0 Å². The molecule has 9 nitrogen and oxygen atoms in total. The van der Waals surface area contributed by atoms with Crippen LogP contribution < -0.4 is 20.7 Å².